The zero-order valence-corrected chi connectivity index (χ0v) is 18.6. The quantitative estimate of drug-likeness (QED) is 0.670. The van der Waals surface area contributed by atoms with Crippen molar-refractivity contribution in [2.24, 2.45) is 0 Å². The number of rotatable bonds is 7. The minimum atomic E-state index is -0.344. The molecule has 1 aromatic heterocycles. The molecule has 2 aliphatic rings. The van der Waals surface area contributed by atoms with E-state index in [2.05, 4.69) is 15.6 Å². The Kier molecular flexibility index (Phi) is 7.72. The van der Waals surface area contributed by atoms with E-state index in [9.17, 15) is 14.0 Å². The normalized spacial score (nSPS) is 17.1. The maximum Gasteiger partial charge on any atom is 0.317 e. The molecular weight excluding hydrogens is 425 g/mol. The van der Waals surface area contributed by atoms with Crippen molar-refractivity contribution in [3.8, 4) is 5.88 Å². The zero-order chi connectivity index (χ0) is 23.0. The molecule has 1 saturated carbocycles. The van der Waals surface area contributed by atoms with Crippen molar-refractivity contribution in [2.45, 2.75) is 38.3 Å². The van der Waals surface area contributed by atoms with Gasteiger partial charge in [-0.25, -0.2) is 14.2 Å². The Balaban J connectivity index is 1.20. The molecule has 1 saturated heterocycles. The van der Waals surface area contributed by atoms with Crippen molar-refractivity contribution in [3.05, 3.63) is 54.0 Å². The molecule has 176 valence electrons. The standard InChI is InChI=1S/C24H30FN5O3/c25-19-7-9-20(10-8-19)28-22(31)17-29-12-14-30(15-13-29)24(32)27-16-18-4-3-11-26-23(18)33-21-5-1-2-6-21/h3-4,7-11,21H,1-2,5-6,12-17H2,(H,27,32)(H,28,31). The zero-order valence-electron chi connectivity index (χ0n) is 18.6. The van der Waals surface area contributed by atoms with Crippen molar-refractivity contribution in [3.63, 3.8) is 0 Å². The number of piperazine rings is 1. The van der Waals surface area contributed by atoms with Gasteiger partial charge in [-0.15, -0.1) is 0 Å². The highest BCUT2D eigenvalue weighted by Crippen LogP contribution is 2.25. The first-order valence-corrected chi connectivity index (χ1v) is 11.5. The highest BCUT2D eigenvalue weighted by atomic mass is 19.1. The molecular formula is C24H30FN5O3. The van der Waals surface area contributed by atoms with E-state index in [1.54, 1.807) is 11.1 Å². The van der Waals surface area contributed by atoms with Crippen LogP contribution in [-0.2, 0) is 11.3 Å². The Morgan fingerprint density at radius 2 is 1.79 bits per heavy atom. The molecule has 33 heavy (non-hydrogen) atoms. The molecule has 2 N–H and O–H groups in total. The molecule has 0 radical (unpaired) electrons. The van der Waals surface area contributed by atoms with Crippen LogP contribution in [0.5, 0.6) is 5.88 Å². The average Bonchev–Trinajstić information content (AvgIpc) is 3.33. The number of nitrogens with one attached hydrogen (secondary N) is 2. The lowest BCUT2D eigenvalue weighted by atomic mass is 10.2. The summed E-state index contributed by atoms with van der Waals surface area (Å²) in [6.07, 6.45) is 6.39. The predicted octanol–water partition coefficient (Wildman–Crippen LogP) is 3.01. The molecule has 1 aromatic carbocycles. The lowest BCUT2D eigenvalue weighted by Gasteiger charge is -2.34. The molecule has 0 bridgehead atoms. The van der Waals surface area contributed by atoms with Crippen LogP contribution < -0.4 is 15.4 Å². The number of halogens is 1. The van der Waals surface area contributed by atoms with Crippen LogP contribution in [0.4, 0.5) is 14.9 Å². The van der Waals surface area contributed by atoms with Crippen LogP contribution in [0.25, 0.3) is 0 Å². The third-order valence-electron chi connectivity index (χ3n) is 6.02. The number of pyridine rings is 1. The fourth-order valence-electron chi connectivity index (χ4n) is 4.16. The number of benzene rings is 1. The highest BCUT2D eigenvalue weighted by Gasteiger charge is 2.23. The third-order valence-corrected chi connectivity index (χ3v) is 6.02. The maximum atomic E-state index is 13.0. The first-order chi connectivity index (χ1) is 16.1. The summed E-state index contributed by atoms with van der Waals surface area (Å²) in [5.41, 5.74) is 1.43. The minimum absolute atomic E-state index is 0.138. The summed E-state index contributed by atoms with van der Waals surface area (Å²) in [6.45, 7) is 2.86. The van der Waals surface area contributed by atoms with E-state index in [1.165, 1.54) is 37.1 Å². The van der Waals surface area contributed by atoms with Gasteiger partial charge in [-0.3, -0.25) is 9.69 Å². The van der Waals surface area contributed by atoms with Crippen molar-refractivity contribution >= 4 is 17.6 Å². The van der Waals surface area contributed by atoms with Gasteiger partial charge in [-0.1, -0.05) is 6.07 Å². The van der Waals surface area contributed by atoms with Crippen molar-refractivity contribution in [1.82, 2.24) is 20.1 Å². The molecule has 4 rings (SSSR count). The fourth-order valence-corrected chi connectivity index (χ4v) is 4.16. The van der Waals surface area contributed by atoms with Crippen LogP contribution in [0.2, 0.25) is 0 Å². The molecule has 0 spiro atoms. The Bertz CT molecular complexity index is 941. The number of carbonyl (C=O) groups is 2. The van der Waals surface area contributed by atoms with Crippen LogP contribution in [0.3, 0.4) is 0 Å². The largest absolute Gasteiger partial charge is 0.474 e. The van der Waals surface area contributed by atoms with E-state index in [0.29, 0.717) is 44.3 Å². The fraction of sp³-hybridized carbons (Fsp3) is 0.458. The van der Waals surface area contributed by atoms with Gasteiger partial charge >= 0.3 is 6.03 Å². The number of amides is 3. The number of anilines is 1. The Morgan fingerprint density at radius 3 is 2.52 bits per heavy atom. The van der Waals surface area contributed by atoms with Crippen LogP contribution in [0, 0.1) is 5.82 Å². The van der Waals surface area contributed by atoms with E-state index >= 15 is 0 Å². The van der Waals surface area contributed by atoms with Crippen LogP contribution in [-0.4, -0.2) is 65.5 Å². The Morgan fingerprint density at radius 1 is 1.06 bits per heavy atom. The van der Waals surface area contributed by atoms with Gasteiger partial charge in [0.15, 0.2) is 0 Å². The van der Waals surface area contributed by atoms with E-state index in [4.69, 9.17) is 4.74 Å². The summed E-state index contributed by atoms with van der Waals surface area (Å²) in [6, 6.07) is 9.31. The monoisotopic (exact) mass is 455 g/mol. The van der Waals surface area contributed by atoms with Crippen molar-refractivity contribution < 1.29 is 18.7 Å². The summed E-state index contributed by atoms with van der Waals surface area (Å²) in [5.74, 6) is 0.0936. The molecule has 0 unspecified atom stereocenters. The van der Waals surface area contributed by atoms with Gasteiger partial charge < -0.3 is 20.3 Å². The predicted molar refractivity (Wildman–Crippen MR) is 122 cm³/mol. The summed E-state index contributed by atoms with van der Waals surface area (Å²) < 4.78 is 19.0. The summed E-state index contributed by atoms with van der Waals surface area (Å²) in [4.78, 5) is 33.0. The second-order valence-corrected chi connectivity index (χ2v) is 8.47. The van der Waals surface area contributed by atoms with E-state index in [1.807, 2.05) is 17.0 Å². The van der Waals surface area contributed by atoms with E-state index < -0.39 is 0 Å². The molecule has 1 aliphatic carbocycles. The van der Waals surface area contributed by atoms with Gasteiger partial charge in [0, 0.05) is 50.2 Å². The second-order valence-electron chi connectivity index (χ2n) is 8.47. The molecule has 8 nitrogen and oxygen atoms in total. The van der Waals surface area contributed by atoms with Gasteiger partial charge in [0.1, 0.15) is 11.9 Å². The lowest BCUT2D eigenvalue weighted by molar-refractivity contribution is -0.117. The smallest absolute Gasteiger partial charge is 0.317 e. The topological polar surface area (TPSA) is 86.8 Å². The molecule has 1 aliphatic heterocycles. The van der Waals surface area contributed by atoms with Gasteiger partial charge in [-0.05, 0) is 56.0 Å². The Hall–Kier alpha value is -3.20. The van der Waals surface area contributed by atoms with Crippen molar-refractivity contribution in [2.75, 3.05) is 38.0 Å². The third kappa shape index (κ3) is 6.64. The van der Waals surface area contributed by atoms with Crippen molar-refractivity contribution in [1.29, 1.82) is 0 Å². The number of nitrogens with zero attached hydrogens (tertiary/aromatic N) is 3. The highest BCUT2D eigenvalue weighted by molar-refractivity contribution is 5.92. The number of carbonyl (C=O) groups excluding carboxylic acids is 2. The molecule has 3 amide bonds. The number of ether oxygens (including phenoxy) is 1. The lowest BCUT2D eigenvalue weighted by Crippen LogP contribution is -2.52. The second kappa shape index (κ2) is 11.1. The Labute approximate surface area is 193 Å². The first kappa shape index (κ1) is 23.0. The first-order valence-electron chi connectivity index (χ1n) is 11.5. The number of urea groups is 1. The van der Waals surface area contributed by atoms with Gasteiger partial charge in [0.2, 0.25) is 11.8 Å². The molecule has 9 heteroatoms. The van der Waals surface area contributed by atoms with Gasteiger partial charge in [0.05, 0.1) is 6.54 Å². The number of hydrogen-bond donors (Lipinski definition) is 2. The van der Waals surface area contributed by atoms with E-state index in [-0.39, 0.29) is 30.4 Å². The molecule has 0 atom stereocenters. The van der Waals surface area contributed by atoms with Crippen LogP contribution in [0.1, 0.15) is 31.2 Å². The van der Waals surface area contributed by atoms with Gasteiger partial charge in [0.25, 0.3) is 0 Å². The summed E-state index contributed by atoms with van der Waals surface area (Å²) in [5, 5.41) is 5.73. The minimum Gasteiger partial charge on any atom is -0.474 e. The van der Waals surface area contributed by atoms with E-state index in [0.717, 1.165) is 18.4 Å². The maximum absolute atomic E-state index is 13.0. The number of hydrogen-bond acceptors (Lipinski definition) is 5. The molecule has 2 fully saturated rings. The SMILES string of the molecule is O=C(CN1CCN(C(=O)NCc2cccnc2OC2CCCC2)CC1)Nc1ccc(F)cc1. The van der Waals surface area contributed by atoms with Crippen LogP contribution in [0.15, 0.2) is 42.6 Å². The summed E-state index contributed by atoms with van der Waals surface area (Å²) in [7, 11) is 0. The van der Waals surface area contributed by atoms with Gasteiger partial charge in [-0.2, -0.15) is 0 Å². The van der Waals surface area contributed by atoms with Crippen LogP contribution >= 0.6 is 0 Å². The average molecular weight is 456 g/mol. The number of aromatic nitrogens is 1. The molecule has 2 aromatic rings. The summed E-state index contributed by atoms with van der Waals surface area (Å²) >= 11 is 0. The molecule has 2 heterocycles.